The highest BCUT2D eigenvalue weighted by molar-refractivity contribution is 7.22. The van der Waals surface area contributed by atoms with Crippen LogP contribution in [0.3, 0.4) is 0 Å². The second kappa shape index (κ2) is 8.22. The first-order valence-electron chi connectivity index (χ1n) is 13.0. The molecule has 2 aliphatic heterocycles. The van der Waals surface area contributed by atoms with E-state index < -0.39 is 22.8 Å². The monoisotopic (exact) mass is 547 g/mol. The topological polar surface area (TPSA) is 83.7 Å². The lowest BCUT2D eigenvalue weighted by molar-refractivity contribution is -0.121. The molecule has 0 N–H and O–H groups in total. The normalized spacial score (nSPS) is 17.9. The Morgan fingerprint density at radius 1 is 1.00 bits per heavy atom. The zero-order valence-corrected chi connectivity index (χ0v) is 23.3. The van der Waals surface area contributed by atoms with Gasteiger partial charge in [0.25, 0.3) is 11.8 Å². The zero-order chi connectivity index (χ0) is 28.1. The highest BCUT2D eigenvalue weighted by Crippen LogP contribution is 2.55. The van der Waals surface area contributed by atoms with Gasteiger partial charge in [-0.15, -0.1) is 6.58 Å². The number of hydrogen-bond donors (Lipinski definition) is 0. The third-order valence-electron chi connectivity index (χ3n) is 8.06. The molecule has 7 nitrogen and oxygen atoms in total. The average Bonchev–Trinajstić information content (AvgIpc) is 3.52. The van der Waals surface area contributed by atoms with Crippen LogP contribution in [0, 0.1) is 27.7 Å². The third kappa shape index (κ3) is 2.94. The van der Waals surface area contributed by atoms with E-state index in [9.17, 15) is 14.4 Å². The molecular formula is C32H25N3O4S. The number of thiazole rings is 1. The van der Waals surface area contributed by atoms with E-state index in [1.165, 1.54) is 16.2 Å². The lowest BCUT2D eigenvalue weighted by atomic mass is 9.84. The van der Waals surface area contributed by atoms with Crippen LogP contribution in [0.15, 0.2) is 70.4 Å². The molecule has 198 valence electrons. The van der Waals surface area contributed by atoms with E-state index in [2.05, 4.69) is 6.58 Å². The van der Waals surface area contributed by atoms with Gasteiger partial charge in [0.2, 0.25) is 5.76 Å². The molecule has 1 atom stereocenters. The average molecular weight is 548 g/mol. The Hall–Kier alpha value is -4.56. The Morgan fingerprint density at radius 2 is 1.75 bits per heavy atom. The molecule has 7 rings (SSSR count). The number of anilines is 2. The van der Waals surface area contributed by atoms with Crippen molar-refractivity contribution in [2.75, 3.05) is 16.3 Å². The number of rotatable bonds is 3. The molecule has 0 radical (unpaired) electrons. The Morgan fingerprint density at radius 3 is 2.52 bits per heavy atom. The predicted octanol–water partition coefficient (Wildman–Crippen LogP) is 6.07. The van der Waals surface area contributed by atoms with E-state index >= 15 is 0 Å². The van der Waals surface area contributed by atoms with Crippen molar-refractivity contribution in [3.63, 3.8) is 0 Å². The number of para-hydroxylation sites is 1. The smallest absolute Gasteiger partial charge is 0.297 e. The van der Waals surface area contributed by atoms with Crippen molar-refractivity contribution < 1.29 is 14.0 Å². The molecule has 0 fully saturated rings. The Bertz CT molecular complexity index is 2040. The summed E-state index contributed by atoms with van der Waals surface area (Å²) < 4.78 is 7.13. The first-order valence-corrected chi connectivity index (χ1v) is 13.8. The van der Waals surface area contributed by atoms with E-state index in [-0.39, 0.29) is 17.9 Å². The minimum atomic E-state index is -1.77. The number of aryl methyl sites for hydroxylation is 4. The molecule has 4 heterocycles. The van der Waals surface area contributed by atoms with Crippen molar-refractivity contribution in [1.29, 1.82) is 0 Å². The third-order valence-corrected chi connectivity index (χ3v) is 9.05. The van der Waals surface area contributed by atoms with Crippen LogP contribution in [0.2, 0.25) is 0 Å². The number of amides is 2. The summed E-state index contributed by atoms with van der Waals surface area (Å²) in [7, 11) is 0. The first kappa shape index (κ1) is 24.5. The van der Waals surface area contributed by atoms with Crippen molar-refractivity contribution in [3.8, 4) is 0 Å². The molecule has 1 spiro atoms. The quantitative estimate of drug-likeness (QED) is 0.256. The van der Waals surface area contributed by atoms with Crippen LogP contribution in [0.5, 0.6) is 0 Å². The van der Waals surface area contributed by atoms with Gasteiger partial charge in [-0.1, -0.05) is 41.7 Å². The van der Waals surface area contributed by atoms with E-state index in [4.69, 9.17) is 9.40 Å². The van der Waals surface area contributed by atoms with Crippen LogP contribution in [0.25, 0.3) is 21.2 Å². The maximum Gasteiger partial charge on any atom is 0.297 e. The van der Waals surface area contributed by atoms with E-state index in [0.717, 1.165) is 32.5 Å². The van der Waals surface area contributed by atoms with Crippen molar-refractivity contribution in [2.45, 2.75) is 33.2 Å². The summed E-state index contributed by atoms with van der Waals surface area (Å²) in [6.45, 7) is 11.9. The molecule has 0 aliphatic carbocycles. The SMILES string of the molecule is C=CCN1C(=O)C2(c3ccccc31)c1c(oc3cc(C)c(C)cc3c1=O)C(=O)N2c1nc2c(C)cc(C)cc2s1. The van der Waals surface area contributed by atoms with Crippen molar-refractivity contribution >= 4 is 55.2 Å². The summed E-state index contributed by atoms with van der Waals surface area (Å²) >= 11 is 1.32. The summed E-state index contributed by atoms with van der Waals surface area (Å²) in [5, 5.41) is 0.665. The van der Waals surface area contributed by atoms with Gasteiger partial charge in [-0.2, -0.15) is 0 Å². The van der Waals surface area contributed by atoms with Crippen LogP contribution in [-0.4, -0.2) is 23.3 Å². The van der Waals surface area contributed by atoms with Gasteiger partial charge >= 0.3 is 0 Å². The zero-order valence-electron chi connectivity index (χ0n) is 22.5. The maximum atomic E-state index is 14.7. The Labute approximate surface area is 234 Å². The molecule has 40 heavy (non-hydrogen) atoms. The maximum absolute atomic E-state index is 14.7. The Balaban J connectivity index is 1.63. The number of benzene rings is 3. The minimum absolute atomic E-state index is 0.0319. The summed E-state index contributed by atoms with van der Waals surface area (Å²) in [6, 6.07) is 14.9. The molecule has 8 heteroatoms. The molecule has 2 aromatic heterocycles. The first-order chi connectivity index (χ1) is 19.2. The predicted molar refractivity (Wildman–Crippen MR) is 158 cm³/mol. The van der Waals surface area contributed by atoms with Gasteiger partial charge in [0, 0.05) is 12.1 Å². The van der Waals surface area contributed by atoms with E-state index in [0.29, 0.717) is 27.4 Å². The minimum Gasteiger partial charge on any atom is -0.450 e. The van der Waals surface area contributed by atoms with Crippen molar-refractivity contribution in [2.24, 2.45) is 0 Å². The Kier molecular flexibility index (Phi) is 5.03. The molecule has 2 amide bonds. The fraction of sp³-hybridized carbons (Fsp3) is 0.188. The molecule has 0 saturated heterocycles. The molecule has 1 unspecified atom stereocenters. The van der Waals surface area contributed by atoms with Gasteiger partial charge in [0.1, 0.15) is 5.58 Å². The highest BCUT2D eigenvalue weighted by Gasteiger charge is 2.66. The van der Waals surface area contributed by atoms with Gasteiger partial charge in [-0.25, -0.2) is 4.98 Å². The van der Waals surface area contributed by atoms with Crippen molar-refractivity contribution in [3.05, 3.63) is 111 Å². The second-order valence-corrected chi connectivity index (χ2v) is 11.6. The van der Waals surface area contributed by atoms with Gasteiger partial charge in [0.05, 0.1) is 26.9 Å². The molecule has 5 aromatic rings. The fourth-order valence-corrected chi connectivity index (χ4v) is 7.38. The number of aromatic nitrogens is 1. The highest BCUT2D eigenvalue weighted by atomic mass is 32.1. The fourth-order valence-electron chi connectivity index (χ4n) is 6.18. The summed E-state index contributed by atoms with van der Waals surface area (Å²) in [5.41, 5.74) is 3.97. The number of fused-ring (bicyclic) bond motifs is 6. The lowest BCUT2D eigenvalue weighted by Gasteiger charge is -2.32. The van der Waals surface area contributed by atoms with Crippen LogP contribution in [0.4, 0.5) is 10.8 Å². The largest absolute Gasteiger partial charge is 0.450 e. The van der Waals surface area contributed by atoms with Crippen LogP contribution < -0.4 is 15.2 Å². The van der Waals surface area contributed by atoms with Gasteiger partial charge in [0.15, 0.2) is 16.1 Å². The molecule has 0 bridgehead atoms. The van der Waals surface area contributed by atoms with Crippen LogP contribution >= 0.6 is 11.3 Å². The van der Waals surface area contributed by atoms with Gasteiger partial charge < -0.3 is 9.32 Å². The second-order valence-electron chi connectivity index (χ2n) is 10.6. The molecule has 3 aromatic carbocycles. The summed E-state index contributed by atoms with van der Waals surface area (Å²) in [6.07, 6.45) is 1.63. The number of nitrogens with zero attached hydrogens (tertiary/aromatic N) is 3. The van der Waals surface area contributed by atoms with E-state index in [1.807, 2.05) is 58.0 Å². The van der Waals surface area contributed by atoms with Crippen LogP contribution in [0.1, 0.15) is 43.9 Å². The van der Waals surface area contributed by atoms with Gasteiger partial charge in [-0.3, -0.25) is 19.3 Å². The van der Waals surface area contributed by atoms with E-state index in [1.54, 1.807) is 29.2 Å². The summed E-state index contributed by atoms with van der Waals surface area (Å²) in [5.74, 6) is -1.11. The number of carbonyl (C=O) groups is 2. The lowest BCUT2D eigenvalue weighted by Crippen LogP contribution is -2.53. The summed E-state index contributed by atoms with van der Waals surface area (Å²) in [4.78, 5) is 51.4. The van der Waals surface area contributed by atoms with Crippen molar-refractivity contribution in [1.82, 2.24) is 4.98 Å². The number of carbonyl (C=O) groups excluding carboxylic acids is 2. The van der Waals surface area contributed by atoms with Crippen LogP contribution in [-0.2, 0) is 10.3 Å². The standard InChI is InChI=1S/C32H25N3O4S/c1-6-11-34-22-10-8-7-9-21(22)32(30(34)38)25-27(36)20-14-17(3)18(4)15-23(20)39-28(25)29(37)35(32)31-33-26-19(5)12-16(2)13-24(26)40-31/h6-10,12-15H,1,11H2,2-5H3. The van der Waals surface area contributed by atoms with Gasteiger partial charge in [-0.05, 0) is 74.2 Å². The number of hydrogen-bond acceptors (Lipinski definition) is 6. The molecule has 0 saturated carbocycles. The molecular weight excluding hydrogens is 522 g/mol. The molecule has 2 aliphatic rings.